The second-order valence-corrected chi connectivity index (χ2v) is 5.36. The Morgan fingerprint density at radius 1 is 1.24 bits per heavy atom. The van der Waals surface area contributed by atoms with E-state index in [9.17, 15) is 14.9 Å². The van der Waals surface area contributed by atoms with E-state index in [1.807, 2.05) is 12.1 Å². The van der Waals surface area contributed by atoms with E-state index in [1.165, 1.54) is 25.3 Å². The maximum atomic E-state index is 11.5. The fourth-order valence-electron chi connectivity index (χ4n) is 1.73. The van der Waals surface area contributed by atoms with Gasteiger partial charge < -0.3 is 10.1 Å². The summed E-state index contributed by atoms with van der Waals surface area (Å²) in [5.41, 5.74) is 1.07. The van der Waals surface area contributed by atoms with Crippen LogP contribution in [-0.2, 0) is 4.74 Å². The van der Waals surface area contributed by atoms with Crippen LogP contribution >= 0.6 is 22.6 Å². The number of anilines is 2. The molecule has 0 saturated carbocycles. The molecule has 0 heterocycles. The molecule has 0 bridgehead atoms. The fourth-order valence-corrected chi connectivity index (χ4v) is 2.09. The van der Waals surface area contributed by atoms with E-state index in [2.05, 4.69) is 32.6 Å². The minimum absolute atomic E-state index is 0.110. The lowest BCUT2D eigenvalue weighted by Gasteiger charge is -2.09. The van der Waals surface area contributed by atoms with Crippen LogP contribution in [0.4, 0.5) is 17.1 Å². The molecule has 0 aliphatic carbocycles. The Hall–Kier alpha value is -2.16. The molecule has 6 nitrogen and oxygen atoms in total. The Morgan fingerprint density at radius 3 is 2.48 bits per heavy atom. The third-order valence-corrected chi connectivity index (χ3v) is 3.46. The average Bonchev–Trinajstić information content (AvgIpc) is 2.48. The van der Waals surface area contributed by atoms with Crippen LogP contribution in [0.25, 0.3) is 0 Å². The Labute approximate surface area is 134 Å². The zero-order valence-corrected chi connectivity index (χ0v) is 13.2. The second kappa shape index (κ2) is 6.53. The van der Waals surface area contributed by atoms with E-state index in [0.717, 1.165) is 3.57 Å². The van der Waals surface area contributed by atoms with E-state index in [-0.39, 0.29) is 16.9 Å². The van der Waals surface area contributed by atoms with Crippen molar-refractivity contribution in [3.8, 4) is 0 Å². The van der Waals surface area contributed by atoms with E-state index in [4.69, 9.17) is 0 Å². The first-order valence-corrected chi connectivity index (χ1v) is 6.98. The molecule has 0 fully saturated rings. The molecule has 0 saturated heterocycles. The number of esters is 1. The number of methoxy groups -OCH3 is 1. The predicted molar refractivity (Wildman–Crippen MR) is 86.9 cm³/mol. The van der Waals surface area contributed by atoms with Gasteiger partial charge in [0.2, 0.25) is 0 Å². The Bertz CT molecular complexity index is 686. The number of nitrogens with zero attached hydrogens (tertiary/aromatic N) is 1. The Balaban J connectivity index is 2.40. The van der Waals surface area contributed by atoms with Crippen molar-refractivity contribution >= 4 is 45.6 Å². The van der Waals surface area contributed by atoms with Crippen LogP contribution in [-0.4, -0.2) is 18.0 Å². The van der Waals surface area contributed by atoms with Gasteiger partial charge in [-0.3, -0.25) is 10.1 Å². The molecule has 108 valence electrons. The molecule has 7 heteroatoms. The van der Waals surface area contributed by atoms with E-state index >= 15 is 0 Å². The van der Waals surface area contributed by atoms with Gasteiger partial charge in [-0.05, 0) is 59.0 Å². The standard InChI is InChI=1S/C14H11IN2O4/c1-21-14(18)9-2-7-13(17(19)20)12(8-9)16-11-5-3-10(15)4-6-11/h2-8,16H,1H3. The van der Waals surface area contributed by atoms with E-state index < -0.39 is 10.9 Å². The summed E-state index contributed by atoms with van der Waals surface area (Å²) in [5.74, 6) is -0.546. The number of ether oxygens (including phenoxy) is 1. The van der Waals surface area contributed by atoms with Crippen molar-refractivity contribution in [3.63, 3.8) is 0 Å². The van der Waals surface area contributed by atoms with Gasteiger partial charge in [-0.15, -0.1) is 0 Å². The lowest BCUT2D eigenvalue weighted by atomic mass is 10.1. The van der Waals surface area contributed by atoms with Gasteiger partial charge >= 0.3 is 5.97 Å². The smallest absolute Gasteiger partial charge is 0.337 e. The van der Waals surface area contributed by atoms with Crippen LogP contribution in [0, 0.1) is 13.7 Å². The lowest BCUT2D eigenvalue weighted by Crippen LogP contribution is -2.04. The number of benzene rings is 2. The molecule has 1 N–H and O–H groups in total. The maximum Gasteiger partial charge on any atom is 0.337 e. The van der Waals surface area contributed by atoms with Gasteiger partial charge in [-0.25, -0.2) is 4.79 Å². The SMILES string of the molecule is COC(=O)c1ccc([N+](=O)[O-])c(Nc2ccc(I)cc2)c1. The van der Waals surface area contributed by atoms with Crippen molar-refractivity contribution in [2.75, 3.05) is 12.4 Å². The van der Waals surface area contributed by atoms with Gasteiger partial charge in [0.05, 0.1) is 17.6 Å². The summed E-state index contributed by atoms with van der Waals surface area (Å²) in [6, 6.07) is 11.4. The molecule has 0 aliphatic rings. The van der Waals surface area contributed by atoms with Gasteiger partial charge in [0.15, 0.2) is 0 Å². The monoisotopic (exact) mass is 398 g/mol. The molecule has 0 atom stereocenters. The van der Waals surface area contributed by atoms with Crippen LogP contribution < -0.4 is 5.32 Å². The average molecular weight is 398 g/mol. The topological polar surface area (TPSA) is 81.5 Å². The highest BCUT2D eigenvalue weighted by Gasteiger charge is 2.17. The van der Waals surface area contributed by atoms with Gasteiger partial charge in [-0.2, -0.15) is 0 Å². The molecule has 21 heavy (non-hydrogen) atoms. The van der Waals surface area contributed by atoms with Gasteiger partial charge in [0, 0.05) is 15.3 Å². The summed E-state index contributed by atoms with van der Waals surface area (Å²) in [6.07, 6.45) is 0. The van der Waals surface area contributed by atoms with Crippen molar-refractivity contribution < 1.29 is 14.5 Å². The minimum atomic E-state index is -0.546. The number of nitro groups is 1. The number of nitro benzene ring substituents is 1. The molecule has 0 unspecified atom stereocenters. The van der Waals surface area contributed by atoms with Gasteiger partial charge in [0.1, 0.15) is 5.69 Å². The van der Waals surface area contributed by atoms with Crippen LogP contribution in [0.2, 0.25) is 0 Å². The number of nitrogens with one attached hydrogen (secondary N) is 1. The van der Waals surface area contributed by atoms with Crippen LogP contribution in [0.5, 0.6) is 0 Å². The maximum absolute atomic E-state index is 11.5. The molecular weight excluding hydrogens is 387 g/mol. The summed E-state index contributed by atoms with van der Waals surface area (Å²) in [4.78, 5) is 22.1. The quantitative estimate of drug-likeness (QED) is 0.368. The third kappa shape index (κ3) is 3.69. The zero-order valence-electron chi connectivity index (χ0n) is 11.0. The summed E-state index contributed by atoms with van der Waals surface area (Å²) >= 11 is 2.17. The number of rotatable bonds is 4. The number of hydrogen-bond donors (Lipinski definition) is 1. The fraction of sp³-hybridized carbons (Fsp3) is 0.0714. The number of halogens is 1. The minimum Gasteiger partial charge on any atom is -0.465 e. The van der Waals surface area contributed by atoms with Gasteiger partial charge in [0.25, 0.3) is 5.69 Å². The largest absolute Gasteiger partial charge is 0.465 e. The number of carbonyl (C=O) groups is 1. The Kier molecular flexibility index (Phi) is 4.73. The van der Waals surface area contributed by atoms with E-state index in [1.54, 1.807) is 12.1 Å². The lowest BCUT2D eigenvalue weighted by molar-refractivity contribution is -0.383. The Morgan fingerprint density at radius 2 is 1.90 bits per heavy atom. The summed E-state index contributed by atoms with van der Waals surface area (Å²) in [6.45, 7) is 0. The first-order chi connectivity index (χ1) is 10.0. The highest BCUT2D eigenvalue weighted by molar-refractivity contribution is 14.1. The van der Waals surface area contributed by atoms with Crippen LogP contribution in [0.1, 0.15) is 10.4 Å². The molecule has 0 radical (unpaired) electrons. The molecule has 2 aromatic rings. The normalized spacial score (nSPS) is 10.0. The van der Waals surface area contributed by atoms with E-state index in [0.29, 0.717) is 5.69 Å². The zero-order chi connectivity index (χ0) is 15.4. The van der Waals surface area contributed by atoms with Crippen LogP contribution in [0.15, 0.2) is 42.5 Å². The number of hydrogen-bond acceptors (Lipinski definition) is 5. The van der Waals surface area contributed by atoms with Crippen molar-refractivity contribution in [2.45, 2.75) is 0 Å². The highest BCUT2D eigenvalue weighted by Crippen LogP contribution is 2.29. The highest BCUT2D eigenvalue weighted by atomic mass is 127. The molecular formula is C14H11IN2O4. The van der Waals surface area contributed by atoms with Gasteiger partial charge in [-0.1, -0.05) is 0 Å². The van der Waals surface area contributed by atoms with Crippen molar-refractivity contribution in [1.82, 2.24) is 0 Å². The van der Waals surface area contributed by atoms with Crippen molar-refractivity contribution in [3.05, 3.63) is 61.7 Å². The summed E-state index contributed by atoms with van der Waals surface area (Å²) < 4.78 is 5.67. The third-order valence-electron chi connectivity index (χ3n) is 2.74. The summed E-state index contributed by atoms with van der Waals surface area (Å²) in [7, 11) is 1.26. The second-order valence-electron chi connectivity index (χ2n) is 4.11. The predicted octanol–water partition coefficient (Wildman–Crippen LogP) is 3.73. The molecule has 0 amide bonds. The molecule has 0 aromatic heterocycles. The molecule has 2 rings (SSSR count). The molecule has 0 aliphatic heterocycles. The number of carbonyl (C=O) groups excluding carboxylic acids is 1. The molecule has 0 spiro atoms. The van der Waals surface area contributed by atoms with Crippen LogP contribution in [0.3, 0.4) is 0 Å². The summed E-state index contributed by atoms with van der Waals surface area (Å²) in [5, 5.41) is 14.0. The van der Waals surface area contributed by atoms with Crippen molar-refractivity contribution in [1.29, 1.82) is 0 Å². The molecule has 2 aromatic carbocycles. The first kappa shape index (κ1) is 15.2. The first-order valence-electron chi connectivity index (χ1n) is 5.90. The van der Waals surface area contributed by atoms with Crippen molar-refractivity contribution in [2.24, 2.45) is 0 Å².